The lowest BCUT2D eigenvalue weighted by molar-refractivity contribution is 0.104. The Morgan fingerprint density at radius 1 is 1.05 bits per heavy atom. The van der Waals surface area contributed by atoms with E-state index in [0.29, 0.717) is 16.5 Å². The highest BCUT2D eigenvalue weighted by atomic mass is 19.1. The van der Waals surface area contributed by atoms with Gasteiger partial charge in [0.15, 0.2) is 5.78 Å². The van der Waals surface area contributed by atoms with E-state index in [0.717, 1.165) is 5.52 Å². The Morgan fingerprint density at radius 3 is 2.36 bits per heavy atom. The van der Waals surface area contributed by atoms with E-state index in [2.05, 4.69) is 25.8 Å². The number of carbonyl (C=O) groups excluding carboxylic acids is 1. The summed E-state index contributed by atoms with van der Waals surface area (Å²) in [6.45, 7) is 6.39. The van der Waals surface area contributed by atoms with Crippen molar-refractivity contribution < 1.29 is 9.18 Å². The van der Waals surface area contributed by atoms with Crippen LogP contribution in [0.4, 0.5) is 4.39 Å². The summed E-state index contributed by atoms with van der Waals surface area (Å²) in [4.78, 5) is 15.7. The average molecular weight is 295 g/mol. The third-order valence-electron chi connectivity index (χ3n) is 3.90. The van der Waals surface area contributed by atoms with Gasteiger partial charge in [0, 0.05) is 28.2 Å². The van der Waals surface area contributed by atoms with Gasteiger partial charge in [-0.05, 0) is 29.2 Å². The number of nitrogens with one attached hydrogen (secondary N) is 1. The van der Waals surface area contributed by atoms with Crippen molar-refractivity contribution in [3.05, 3.63) is 71.2 Å². The Kier molecular flexibility index (Phi) is 3.36. The quantitative estimate of drug-likeness (QED) is 0.674. The molecule has 1 N–H and O–H groups in total. The van der Waals surface area contributed by atoms with Crippen LogP contribution in [0.3, 0.4) is 0 Å². The van der Waals surface area contributed by atoms with Gasteiger partial charge in [-0.1, -0.05) is 45.0 Å². The smallest absolute Gasteiger partial charge is 0.195 e. The summed E-state index contributed by atoms with van der Waals surface area (Å²) in [5, 5.41) is 0.616. The summed E-state index contributed by atoms with van der Waals surface area (Å²) in [5.41, 5.74) is 3.09. The summed E-state index contributed by atoms with van der Waals surface area (Å²) < 4.78 is 13.4. The lowest BCUT2D eigenvalue weighted by Gasteiger charge is -2.18. The first-order chi connectivity index (χ1) is 10.4. The van der Waals surface area contributed by atoms with E-state index in [-0.39, 0.29) is 17.0 Å². The number of halogens is 1. The van der Waals surface area contributed by atoms with Gasteiger partial charge in [0.1, 0.15) is 5.82 Å². The topological polar surface area (TPSA) is 32.9 Å². The fraction of sp³-hybridized carbons (Fsp3) is 0.211. The van der Waals surface area contributed by atoms with Crippen molar-refractivity contribution >= 4 is 16.7 Å². The Hall–Kier alpha value is -2.42. The second-order valence-electron chi connectivity index (χ2n) is 6.55. The zero-order valence-electron chi connectivity index (χ0n) is 12.9. The molecular weight excluding hydrogens is 277 g/mol. The summed E-state index contributed by atoms with van der Waals surface area (Å²) in [7, 11) is 0. The molecular formula is C19H18FNO. The predicted octanol–water partition coefficient (Wildman–Crippen LogP) is 4.84. The number of carbonyl (C=O) groups is 1. The molecule has 0 aliphatic rings. The molecule has 0 bridgehead atoms. The minimum atomic E-state index is -0.343. The number of benzene rings is 2. The SMILES string of the molecule is CC(C)(C)c1ccc(C(=O)c2c[nH]c3ccc(F)cc23)cc1. The van der Waals surface area contributed by atoms with Gasteiger partial charge in [-0.25, -0.2) is 4.39 Å². The fourth-order valence-electron chi connectivity index (χ4n) is 2.56. The molecule has 1 aromatic heterocycles. The first-order valence-electron chi connectivity index (χ1n) is 7.28. The van der Waals surface area contributed by atoms with Gasteiger partial charge in [-0.2, -0.15) is 0 Å². The molecule has 22 heavy (non-hydrogen) atoms. The van der Waals surface area contributed by atoms with Crippen LogP contribution in [0, 0.1) is 5.82 Å². The van der Waals surface area contributed by atoms with Crippen molar-refractivity contribution in [1.82, 2.24) is 4.98 Å². The normalized spacial score (nSPS) is 11.8. The summed E-state index contributed by atoms with van der Waals surface area (Å²) in [5.74, 6) is -0.443. The zero-order valence-corrected chi connectivity index (χ0v) is 12.9. The van der Waals surface area contributed by atoms with Crippen LogP contribution >= 0.6 is 0 Å². The standard InChI is InChI=1S/C19H18FNO/c1-19(2,3)13-6-4-12(5-7-13)18(22)16-11-21-17-9-8-14(20)10-15(16)17/h4-11,21H,1-3H3. The number of aromatic nitrogens is 1. The number of hydrogen-bond donors (Lipinski definition) is 1. The van der Waals surface area contributed by atoms with Crippen molar-refractivity contribution in [2.45, 2.75) is 26.2 Å². The molecule has 3 aromatic rings. The second kappa shape index (κ2) is 5.09. The lowest BCUT2D eigenvalue weighted by Crippen LogP contribution is -2.11. The monoisotopic (exact) mass is 295 g/mol. The maximum Gasteiger partial charge on any atom is 0.195 e. The van der Waals surface area contributed by atoms with Crippen LogP contribution in [0.25, 0.3) is 10.9 Å². The van der Waals surface area contributed by atoms with Crippen LogP contribution in [0.15, 0.2) is 48.7 Å². The van der Waals surface area contributed by atoms with Crippen molar-refractivity contribution in [3.63, 3.8) is 0 Å². The molecule has 0 aliphatic carbocycles. The fourth-order valence-corrected chi connectivity index (χ4v) is 2.56. The van der Waals surface area contributed by atoms with E-state index in [4.69, 9.17) is 0 Å². The molecule has 0 unspecified atom stereocenters. The van der Waals surface area contributed by atoms with Crippen LogP contribution in [0.5, 0.6) is 0 Å². The maximum absolute atomic E-state index is 13.4. The van der Waals surface area contributed by atoms with Crippen molar-refractivity contribution in [1.29, 1.82) is 0 Å². The molecule has 0 atom stereocenters. The van der Waals surface area contributed by atoms with Crippen molar-refractivity contribution in [2.24, 2.45) is 0 Å². The molecule has 2 aromatic carbocycles. The molecule has 3 heteroatoms. The molecule has 0 aliphatic heterocycles. The third kappa shape index (κ3) is 2.54. The van der Waals surface area contributed by atoms with Crippen LogP contribution in [-0.4, -0.2) is 10.8 Å². The predicted molar refractivity (Wildman–Crippen MR) is 86.8 cm³/mol. The number of fused-ring (bicyclic) bond motifs is 1. The molecule has 1 heterocycles. The van der Waals surface area contributed by atoms with Gasteiger partial charge >= 0.3 is 0 Å². The third-order valence-corrected chi connectivity index (χ3v) is 3.90. The van der Waals surface area contributed by atoms with E-state index in [1.807, 2.05) is 24.3 Å². The van der Waals surface area contributed by atoms with Crippen LogP contribution in [0.1, 0.15) is 42.3 Å². The van der Waals surface area contributed by atoms with Crippen LogP contribution < -0.4 is 0 Å². The van der Waals surface area contributed by atoms with E-state index in [1.54, 1.807) is 12.3 Å². The number of hydrogen-bond acceptors (Lipinski definition) is 1. The highest BCUT2D eigenvalue weighted by molar-refractivity contribution is 6.16. The van der Waals surface area contributed by atoms with Gasteiger partial charge in [-0.15, -0.1) is 0 Å². The van der Waals surface area contributed by atoms with Gasteiger partial charge in [0.2, 0.25) is 0 Å². The Morgan fingerprint density at radius 2 is 1.73 bits per heavy atom. The van der Waals surface area contributed by atoms with E-state index < -0.39 is 0 Å². The lowest BCUT2D eigenvalue weighted by atomic mass is 9.86. The molecule has 0 saturated carbocycles. The summed E-state index contributed by atoms with van der Waals surface area (Å²) in [6.07, 6.45) is 1.64. The van der Waals surface area contributed by atoms with Crippen molar-refractivity contribution in [2.75, 3.05) is 0 Å². The molecule has 0 fully saturated rings. The van der Waals surface area contributed by atoms with Crippen molar-refractivity contribution in [3.8, 4) is 0 Å². The van der Waals surface area contributed by atoms with E-state index in [9.17, 15) is 9.18 Å². The molecule has 2 nitrogen and oxygen atoms in total. The van der Waals surface area contributed by atoms with Gasteiger partial charge < -0.3 is 4.98 Å². The first kappa shape index (κ1) is 14.5. The minimum absolute atomic E-state index is 0.0471. The number of H-pyrrole nitrogens is 1. The molecule has 0 spiro atoms. The molecule has 3 rings (SSSR count). The number of rotatable bonds is 2. The van der Waals surface area contributed by atoms with Crippen LogP contribution in [0.2, 0.25) is 0 Å². The summed E-state index contributed by atoms with van der Waals surface area (Å²) >= 11 is 0. The van der Waals surface area contributed by atoms with Crippen LogP contribution in [-0.2, 0) is 5.41 Å². The Labute approximate surface area is 129 Å². The zero-order chi connectivity index (χ0) is 15.9. The molecule has 112 valence electrons. The average Bonchev–Trinajstić information content (AvgIpc) is 2.88. The largest absolute Gasteiger partial charge is 0.360 e. The Balaban J connectivity index is 2.01. The first-order valence-corrected chi connectivity index (χ1v) is 7.28. The van der Waals surface area contributed by atoms with E-state index >= 15 is 0 Å². The van der Waals surface area contributed by atoms with E-state index in [1.165, 1.54) is 17.7 Å². The number of aromatic amines is 1. The molecule has 0 amide bonds. The van der Waals surface area contributed by atoms with Gasteiger partial charge in [0.05, 0.1) is 0 Å². The molecule has 0 saturated heterocycles. The van der Waals surface area contributed by atoms with Gasteiger partial charge in [-0.3, -0.25) is 4.79 Å². The highest BCUT2D eigenvalue weighted by Gasteiger charge is 2.17. The maximum atomic E-state index is 13.4. The summed E-state index contributed by atoms with van der Waals surface area (Å²) in [6, 6.07) is 12.0. The van der Waals surface area contributed by atoms with Gasteiger partial charge in [0.25, 0.3) is 0 Å². The Bertz CT molecular complexity index is 838. The highest BCUT2D eigenvalue weighted by Crippen LogP contribution is 2.25. The molecule has 0 radical (unpaired) electrons. The minimum Gasteiger partial charge on any atom is -0.360 e. The second-order valence-corrected chi connectivity index (χ2v) is 6.55. The number of ketones is 1.